The minimum atomic E-state index is 0.0715. The summed E-state index contributed by atoms with van der Waals surface area (Å²) in [7, 11) is 1.46. The molecule has 0 atom stereocenters. The third-order valence-electron chi connectivity index (χ3n) is 2.86. The number of nitrogens with zero attached hydrogens (tertiary/aromatic N) is 2. The van der Waals surface area contributed by atoms with Gasteiger partial charge in [0.15, 0.2) is 0 Å². The van der Waals surface area contributed by atoms with Crippen LogP contribution in [0.1, 0.15) is 5.56 Å². The van der Waals surface area contributed by atoms with Crippen molar-refractivity contribution in [2.24, 2.45) is 0 Å². The zero-order valence-electron chi connectivity index (χ0n) is 11.1. The van der Waals surface area contributed by atoms with Gasteiger partial charge in [-0.2, -0.15) is 5.26 Å². The van der Waals surface area contributed by atoms with E-state index < -0.39 is 0 Å². The maximum atomic E-state index is 8.82. The lowest BCUT2D eigenvalue weighted by Crippen LogP contribution is -1.96. The summed E-state index contributed by atoms with van der Waals surface area (Å²) in [6, 6.07) is 3.74. The van der Waals surface area contributed by atoms with Crippen molar-refractivity contribution in [3.8, 4) is 23.1 Å². The van der Waals surface area contributed by atoms with Crippen LogP contribution in [0.2, 0.25) is 25.1 Å². The van der Waals surface area contributed by atoms with E-state index in [-0.39, 0.29) is 37.4 Å². The number of halogens is 5. The standard InChI is InChI=1S/C14H7Cl5N2O/c1-22-14-7(4-6(2-3-20)5-21-14)8-9(15)11(17)13(19)12(18)10(8)16/h4-5H,2H2,1H3. The van der Waals surface area contributed by atoms with E-state index in [4.69, 9.17) is 68.0 Å². The van der Waals surface area contributed by atoms with Crippen LogP contribution in [0.15, 0.2) is 12.3 Å². The fraction of sp³-hybridized carbons (Fsp3) is 0.143. The molecule has 0 N–H and O–H groups in total. The van der Waals surface area contributed by atoms with E-state index in [0.29, 0.717) is 16.7 Å². The van der Waals surface area contributed by atoms with E-state index in [2.05, 4.69) is 4.98 Å². The van der Waals surface area contributed by atoms with Crippen LogP contribution in [-0.2, 0) is 6.42 Å². The van der Waals surface area contributed by atoms with Gasteiger partial charge in [0.1, 0.15) is 0 Å². The number of hydrogen-bond donors (Lipinski definition) is 0. The first-order valence-corrected chi connectivity index (χ1v) is 7.73. The summed E-state index contributed by atoms with van der Waals surface area (Å²) in [4.78, 5) is 4.15. The number of aromatic nitrogens is 1. The second-order valence-electron chi connectivity index (χ2n) is 4.18. The molecule has 2 rings (SSSR count). The van der Waals surface area contributed by atoms with E-state index in [1.807, 2.05) is 6.07 Å². The van der Waals surface area contributed by atoms with Gasteiger partial charge < -0.3 is 4.74 Å². The molecule has 1 heterocycles. The SMILES string of the molecule is COc1ncc(CC#N)cc1-c1c(Cl)c(Cl)c(Cl)c(Cl)c1Cl. The van der Waals surface area contributed by atoms with E-state index in [0.717, 1.165) is 0 Å². The van der Waals surface area contributed by atoms with E-state index in [1.54, 1.807) is 6.07 Å². The molecule has 22 heavy (non-hydrogen) atoms. The predicted octanol–water partition coefficient (Wildman–Crippen LogP) is 6.09. The van der Waals surface area contributed by atoms with Crippen LogP contribution in [-0.4, -0.2) is 12.1 Å². The highest BCUT2D eigenvalue weighted by Crippen LogP contribution is 2.49. The summed E-state index contributed by atoms with van der Waals surface area (Å²) in [5.74, 6) is 0.278. The molecular weight excluding hydrogens is 389 g/mol. The first-order chi connectivity index (χ1) is 10.4. The molecule has 114 valence electrons. The molecule has 0 unspecified atom stereocenters. The molecule has 1 aromatic heterocycles. The highest BCUT2D eigenvalue weighted by atomic mass is 35.5. The van der Waals surface area contributed by atoms with Crippen molar-refractivity contribution in [3.63, 3.8) is 0 Å². The molecule has 0 aliphatic heterocycles. The number of benzene rings is 1. The summed E-state index contributed by atoms with van der Waals surface area (Å²) < 4.78 is 5.22. The average Bonchev–Trinajstić information content (AvgIpc) is 2.52. The minimum Gasteiger partial charge on any atom is -0.481 e. The number of nitriles is 1. The van der Waals surface area contributed by atoms with E-state index in [9.17, 15) is 0 Å². The van der Waals surface area contributed by atoms with Crippen LogP contribution in [0.4, 0.5) is 0 Å². The average molecular weight is 396 g/mol. The largest absolute Gasteiger partial charge is 0.481 e. The van der Waals surface area contributed by atoms with Crippen molar-refractivity contribution >= 4 is 58.0 Å². The molecule has 0 radical (unpaired) electrons. The first-order valence-electron chi connectivity index (χ1n) is 5.84. The van der Waals surface area contributed by atoms with Gasteiger partial charge in [0, 0.05) is 17.3 Å². The fourth-order valence-corrected chi connectivity index (χ4v) is 3.21. The van der Waals surface area contributed by atoms with Crippen molar-refractivity contribution in [2.45, 2.75) is 6.42 Å². The third kappa shape index (κ3) is 3.08. The lowest BCUT2D eigenvalue weighted by Gasteiger charge is -2.15. The number of pyridine rings is 1. The first kappa shape index (κ1) is 17.5. The predicted molar refractivity (Wildman–Crippen MR) is 90.6 cm³/mol. The Morgan fingerprint density at radius 2 is 1.59 bits per heavy atom. The van der Waals surface area contributed by atoms with Crippen LogP contribution in [0.5, 0.6) is 5.88 Å². The van der Waals surface area contributed by atoms with Gasteiger partial charge in [-0.3, -0.25) is 0 Å². The van der Waals surface area contributed by atoms with Gasteiger partial charge >= 0.3 is 0 Å². The lowest BCUT2D eigenvalue weighted by molar-refractivity contribution is 0.399. The van der Waals surface area contributed by atoms with Crippen molar-refractivity contribution in [1.29, 1.82) is 5.26 Å². The Bertz CT molecular complexity index is 757. The molecule has 0 aliphatic rings. The maximum Gasteiger partial charge on any atom is 0.221 e. The number of methoxy groups -OCH3 is 1. The van der Waals surface area contributed by atoms with Gasteiger partial charge in [0.2, 0.25) is 5.88 Å². The van der Waals surface area contributed by atoms with Gasteiger partial charge in [0.05, 0.1) is 44.7 Å². The molecular formula is C14H7Cl5N2O. The smallest absolute Gasteiger partial charge is 0.221 e. The molecule has 0 spiro atoms. The zero-order chi connectivity index (χ0) is 16.4. The summed E-state index contributed by atoms with van der Waals surface area (Å²) in [5.41, 5.74) is 1.50. The number of ether oxygens (including phenoxy) is 1. The maximum absolute atomic E-state index is 8.82. The zero-order valence-corrected chi connectivity index (χ0v) is 14.8. The Hall–Kier alpha value is -0.890. The molecule has 0 aliphatic carbocycles. The molecule has 1 aromatic carbocycles. The van der Waals surface area contributed by atoms with E-state index in [1.165, 1.54) is 13.3 Å². The van der Waals surface area contributed by atoms with Crippen molar-refractivity contribution in [3.05, 3.63) is 42.9 Å². The van der Waals surface area contributed by atoms with Gasteiger partial charge in [-0.05, 0) is 11.6 Å². The van der Waals surface area contributed by atoms with Gasteiger partial charge in [-0.15, -0.1) is 0 Å². The Morgan fingerprint density at radius 3 is 2.09 bits per heavy atom. The Kier molecular flexibility index (Phi) is 5.65. The van der Waals surface area contributed by atoms with Gasteiger partial charge in [0.25, 0.3) is 0 Å². The number of hydrogen-bond acceptors (Lipinski definition) is 3. The summed E-state index contributed by atoms with van der Waals surface area (Å²) >= 11 is 30.7. The van der Waals surface area contributed by atoms with Crippen molar-refractivity contribution in [1.82, 2.24) is 4.98 Å². The molecule has 0 fully saturated rings. The second-order valence-corrected chi connectivity index (χ2v) is 6.07. The third-order valence-corrected chi connectivity index (χ3v) is 5.14. The van der Waals surface area contributed by atoms with Gasteiger partial charge in [-0.1, -0.05) is 58.0 Å². The van der Waals surface area contributed by atoms with Crippen LogP contribution in [0.3, 0.4) is 0 Å². The van der Waals surface area contributed by atoms with Crippen LogP contribution in [0.25, 0.3) is 11.1 Å². The van der Waals surface area contributed by atoms with Crippen molar-refractivity contribution < 1.29 is 4.74 Å². The fourth-order valence-electron chi connectivity index (χ4n) is 1.87. The lowest BCUT2D eigenvalue weighted by atomic mass is 10.0. The molecule has 0 bridgehead atoms. The topological polar surface area (TPSA) is 45.9 Å². The Labute approximate surface area is 152 Å². The number of rotatable bonds is 3. The highest BCUT2D eigenvalue weighted by molar-refractivity contribution is 6.56. The van der Waals surface area contributed by atoms with Gasteiger partial charge in [-0.25, -0.2) is 4.98 Å². The monoisotopic (exact) mass is 394 g/mol. The van der Waals surface area contributed by atoms with Crippen LogP contribution < -0.4 is 4.74 Å². The Balaban J connectivity index is 2.82. The summed E-state index contributed by atoms with van der Waals surface area (Å²) in [6.45, 7) is 0. The van der Waals surface area contributed by atoms with E-state index >= 15 is 0 Å². The second kappa shape index (κ2) is 7.12. The molecule has 2 aromatic rings. The molecule has 8 heteroatoms. The molecule has 0 amide bonds. The van der Waals surface area contributed by atoms with Crippen molar-refractivity contribution in [2.75, 3.05) is 7.11 Å². The summed E-state index contributed by atoms with van der Waals surface area (Å²) in [6.07, 6.45) is 1.71. The molecule has 3 nitrogen and oxygen atoms in total. The quantitative estimate of drug-likeness (QED) is 0.466. The molecule has 0 saturated heterocycles. The molecule has 0 saturated carbocycles. The van der Waals surface area contributed by atoms with Crippen LogP contribution in [0, 0.1) is 11.3 Å². The summed E-state index contributed by atoms with van der Waals surface area (Å²) in [5, 5.41) is 9.33. The van der Waals surface area contributed by atoms with Crippen LogP contribution >= 0.6 is 58.0 Å². The Morgan fingerprint density at radius 1 is 1.05 bits per heavy atom. The minimum absolute atomic E-state index is 0.0715. The normalized spacial score (nSPS) is 10.4. The highest BCUT2D eigenvalue weighted by Gasteiger charge is 2.23.